The molecule has 2 heterocycles. The predicted octanol–water partition coefficient (Wildman–Crippen LogP) is -1.25. The molecular formula is C73H110N18O18. The number of carbonyl (C=O) groups excluding carboxylic acids is 12. The number of hydrogen-bond acceptors (Lipinski definition) is 20. The zero-order valence-corrected chi connectivity index (χ0v) is 63.5. The fourth-order valence-corrected chi connectivity index (χ4v) is 11.2. The van der Waals surface area contributed by atoms with E-state index in [0.29, 0.717) is 35.4 Å². The number of carboxylic acids is 2. The maximum Gasteiger partial charge on any atom is 0.326 e. The minimum Gasteiger partial charge on any atom is -0.508 e. The number of amides is 12. The van der Waals surface area contributed by atoms with Gasteiger partial charge in [-0.3, -0.25) is 62.3 Å². The van der Waals surface area contributed by atoms with Crippen LogP contribution in [0.3, 0.4) is 0 Å². The third-order valence-electron chi connectivity index (χ3n) is 17.9. The number of aromatic hydroxyl groups is 2. The average Bonchev–Trinajstić information content (AvgIpc) is 1.58. The van der Waals surface area contributed by atoms with E-state index in [9.17, 15) is 87.5 Å². The number of hydrogen-bond donors (Lipinski definition) is 20. The van der Waals surface area contributed by atoms with E-state index in [-0.39, 0.29) is 74.8 Å². The molecule has 0 saturated heterocycles. The highest BCUT2D eigenvalue weighted by Gasteiger charge is 2.39. The van der Waals surface area contributed by atoms with Crippen molar-refractivity contribution in [2.45, 2.75) is 219 Å². The number of aliphatic carboxylic acids is 2. The SMILES string of the molecule is CCC(C)C(NC(=O)C(Cc1ccc(O)cc1)NC(=O)C(NC(=O)CNC(=O)C(CCCCN)NC(=O)C(NC(=O)C(CCC(=O)O)NC(=O)C(Cc1cnc[nH]1)NC(=O)C(Cc1ccc(O)cc1)NC(=O)C(N)C(C)C)C(C)C)C(C)C)C(=O)NC(Cc1cnc[nH]1)C(=O)NC(C)C(=O)NC(CC(C)C)C(=O)O. The molecule has 2 aromatic carbocycles. The molecule has 0 saturated carbocycles. The van der Waals surface area contributed by atoms with Gasteiger partial charge in [-0.15, -0.1) is 0 Å². The average molecular weight is 1530 g/mol. The quantitative estimate of drug-likeness (QED) is 0.0230. The number of nitrogens with zero attached hydrogens (tertiary/aromatic N) is 2. The van der Waals surface area contributed by atoms with Gasteiger partial charge in [-0.05, 0) is 111 Å². The first kappa shape index (κ1) is 90.4. The number of aromatic amines is 2. The minimum atomic E-state index is -1.67. The Balaban J connectivity index is 1.54. The van der Waals surface area contributed by atoms with Gasteiger partial charge in [0.15, 0.2) is 0 Å². The molecule has 0 aliphatic carbocycles. The van der Waals surface area contributed by atoms with E-state index < -0.39 is 192 Å². The lowest BCUT2D eigenvalue weighted by Crippen LogP contribution is -2.61. The summed E-state index contributed by atoms with van der Waals surface area (Å²) in [5.74, 6) is -15.8. The van der Waals surface area contributed by atoms with Gasteiger partial charge in [0.25, 0.3) is 0 Å². The van der Waals surface area contributed by atoms with Crippen LogP contribution in [-0.2, 0) is 92.8 Å². The summed E-state index contributed by atoms with van der Waals surface area (Å²) in [7, 11) is 0. The van der Waals surface area contributed by atoms with Crippen LogP contribution in [0.5, 0.6) is 11.5 Å². The number of carbonyl (C=O) groups is 14. The monoisotopic (exact) mass is 1530 g/mol. The van der Waals surface area contributed by atoms with E-state index in [1.54, 1.807) is 69.2 Å². The molecule has 0 spiro atoms. The second-order valence-electron chi connectivity index (χ2n) is 28.5. The highest BCUT2D eigenvalue weighted by molar-refractivity contribution is 6.00. The van der Waals surface area contributed by atoms with Crippen molar-refractivity contribution in [1.82, 2.24) is 83.7 Å². The number of phenolic OH excluding ortho intramolecular Hbond substituents is 2. The molecule has 0 aliphatic heterocycles. The van der Waals surface area contributed by atoms with E-state index in [4.69, 9.17) is 11.5 Å². The van der Waals surface area contributed by atoms with E-state index in [0.717, 1.165) is 0 Å². The lowest BCUT2D eigenvalue weighted by molar-refractivity contribution is -0.142. The topological polar surface area (TPSA) is 574 Å². The molecule has 0 radical (unpaired) electrons. The van der Waals surface area contributed by atoms with Crippen LogP contribution in [-0.4, -0.2) is 209 Å². The lowest BCUT2D eigenvalue weighted by atomic mass is 9.96. The zero-order chi connectivity index (χ0) is 81.4. The van der Waals surface area contributed by atoms with Crippen molar-refractivity contribution in [2.24, 2.45) is 41.1 Å². The predicted molar refractivity (Wildman–Crippen MR) is 397 cm³/mol. The number of benzene rings is 2. The molecule has 0 bridgehead atoms. The van der Waals surface area contributed by atoms with Crippen molar-refractivity contribution in [3.63, 3.8) is 0 Å². The Morgan fingerprint density at radius 3 is 1.28 bits per heavy atom. The van der Waals surface area contributed by atoms with Crippen LogP contribution < -0.4 is 75.3 Å². The molecule has 36 heteroatoms. The summed E-state index contributed by atoms with van der Waals surface area (Å²) >= 11 is 0. The number of nitrogens with two attached hydrogens (primary N) is 2. The summed E-state index contributed by atoms with van der Waals surface area (Å²) in [6.07, 6.45) is 4.46. The second-order valence-corrected chi connectivity index (χ2v) is 28.5. The highest BCUT2D eigenvalue weighted by atomic mass is 16.4. The fraction of sp³-hybridized carbons (Fsp3) is 0.562. The van der Waals surface area contributed by atoms with Gasteiger partial charge in [0.2, 0.25) is 70.9 Å². The van der Waals surface area contributed by atoms with E-state index >= 15 is 0 Å². The first-order valence-corrected chi connectivity index (χ1v) is 36.4. The first-order valence-electron chi connectivity index (χ1n) is 36.4. The standard InChI is InChI=1S/C73H110N18O18/c1-12-41(10)61(72(107)87-53(30-45-32-76-35-79-45)65(100)81-42(11)62(97)88-55(73(108)109)27-37(2)3)91-68(103)52(29-44-18-22-48(93)23-19-44)86-70(105)59(39(6)7)89-56(94)34-78-63(98)49(15-13-14-26-74)83-71(106)60(40(8)9)90-64(99)50(24-25-57(95)96)82-67(102)54(31-46-33-77-36-80-46)84-66(101)51(85-69(104)58(75)38(4)5)28-43-16-20-47(92)21-17-43/h16-23,32-33,35-42,49-55,58-61,92-93H,12-15,24-31,34,74-75H2,1-11H3,(H,76,79)(H,77,80)(H,78,98)(H,81,100)(H,82,102)(H,83,106)(H,84,101)(H,85,104)(H,86,105)(H,87,107)(H,88,97)(H,89,94)(H,90,99)(H,91,103)(H,95,96)(H,108,109). The van der Waals surface area contributed by atoms with Crippen LogP contribution in [0.25, 0.3) is 0 Å². The van der Waals surface area contributed by atoms with Gasteiger partial charge >= 0.3 is 11.9 Å². The van der Waals surface area contributed by atoms with Crippen molar-refractivity contribution >= 4 is 82.8 Å². The maximum absolute atomic E-state index is 14.7. The Bertz CT molecular complexity index is 3670. The molecule has 13 unspecified atom stereocenters. The summed E-state index contributed by atoms with van der Waals surface area (Å²) in [4.78, 5) is 207. The Kier molecular flexibility index (Phi) is 37.2. The van der Waals surface area contributed by atoms with Crippen molar-refractivity contribution in [2.75, 3.05) is 13.1 Å². The van der Waals surface area contributed by atoms with Gasteiger partial charge in [-0.1, -0.05) is 99.9 Å². The highest BCUT2D eigenvalue weighted by Crippen LogP contribution is 2.18. The van der Waals surface area contributed by atoms with Crippen LogP contribution in [0.4, 0.5) is 0 Å². The smallest absolute Gasteiger partial charge is 0.326 e. The summed E-state index contributed by atoms with van der Waals surface area (Å²) in [6.45, 7) is 17.4. The molecule has 36 nitrogen and oxygen atoms in total. The van der Waals surface area contributed by atoms with Crippen molar-refractivity contribution in [3.8, 4) is 11.5 Å². The molecule has 600 valence electrons. The van der Waals surface area contributed by atoms with Gasteiger partial charge in [0.05, 0.1) is 25.2 Å². The van der Waals surface area contributed by atoms with Crippen LogP contribution >= 0.6 is 0 Å². The number of imidazole rings is 2. The van der Waals surface area contributed by atoms with Gasteiger partial charge in [-0.25, -0.2) is 14.8 Å². The molecule has 4 rings (SSSR count). The van der Waals surface area contributed by atoms with Gasteiger partial charge < -0.3 is 106 Å². The number of unbranched alkanes of at least 4 members (excludes halogenated alkanes) is 1. The molecule has 109 heavy (non-hydrogen) atoms. The van der Waals surface area contributed by atoms with Crippen molar-refractivity contribution in [3.05, 3.63) is 96.1 Å². The molecule has 22 N–H and O–H groups in total. The largest absolute Gasteiger partial charge is 0.508 e. The van der Waals surface area contributed by atoms with E-state index in [1.807, 2.05) is 0 Å². The molecule has 4 aromatic rings. The number of nitrogens with one attached hydrogen (secondary N) is 14. The number of rotatable bonds is 47. The first-order chi connectivity index (χ1) is 51.4. The lowest BCUT2D eigenvalue weighted by Gasteiger charge is -2.30. The molecule has 0 fully saturated rings. The number of carboxylic acid groups (broad SMARTS) is 2. The zero-order valence-electron chi connectivity index (χ0n) is 63.5. The van der Waals surface area contributed by atoms with E-state index in [1.165, 1.54) is 80.5 Å². The van der Waals surface area contributed by atoms with Gasteiger partial charge in [0.1, 0.15) is 78.0 Å². The molecule has 0 aliphatic rings. The second kappa shape index (κ2) is 44.9. The maximum atomic E-state index is 14.7. The summed E-state index contributed by atoms with van der Waals surface area (Å²) in [5.41, 5.74) is 13.6. The van der Waals surface area contributed by atoms with Gasteiger partial charge in [-0.2, -0.15) is 0 Å². The van der Waals surface area contributed by atoms with Crippen LogP contribution in [0.15, 0.2) is 73.6 Å². The third kappa shape index (κ3) is 31.0. The number of H-pyrrole nitrogens is 2. The molecule has 12 amide bonds. The Labute approximate surface area is 632 Å². The number of aromatic nitrogens is 4. The Morgan fingerprint density at radius 1 is 0.440 bits per heavy atom. The van der Waals surface area contributed by atoms with Crippen molar-refractivity contribution in [1.29, 1.82) is 0 Å². The summed E-state index contributed by atoms with van der Waals surface area (Å²) in [6, 6.07) is -5.11. The Hall–Kier alpha value is -11.0. The molecule has 2 aromatic heterocycles. The minimum absolute atomic E-state index is 0.0436. The third-order valence-corrected chi connectivity index (χ3v) is 17.9. The normalized spacial score (nSPS) is 14.9. The Morgan fingerprint density at radius 2 is 0.844 bits per heavy atom. The summed E-state index contributed by atoms with van der Waals surface area (Å²) in [5, 5.41) is 70.7. The van der Waals surface area contributed by atoms with E-state index in [2.05, 4.69) is 83.7 Å². The van der Waals surface area contributed by atoms with Crippen LogP contribution in [0, 0.1) is 29.6 Å². The molecule has 13 atom stereocenters. The molecular weight excluding hydrogens is 1420 g/mol. The van der Waals surface area contributed by atoms with Crippen LogP contribution in [0.1, 0.15) is 144 Å². The van der Waals surface area contributed by atoms with Gasteiger partial charge in [0, 0.05) is 55.9 Å². The summed E-state index contributed by atoms with van der Waals surface area (Å²) < 4.78 is 0. The fourth-order valence-electron chi connectivity index (χ4n) is 11.2. The van der Waals surface area contributed by atoms with Crippen LogP contribution in [0.2, 0.25) is 0 Å². The number of phenols is 2. The van der Waals surface area contributed by atoms with Crippen molar-refractivity contribution < 1.29 is 87.5 Å².